The van der Waals surface area contributed by atoms with Crippen LogP contribution in [0.5, 0.6) is 0 Å². The molecule has 1 aliphatic heterocycles. The van der Waals surface area contributed by atoms with Crippen LogP contribution >= 0.6 is 0 Å². The van der Waals surface area contributed by atoms with Crippen LogP contribution in [0.1, 0.15) is 49.0 Å². The summed E-state index contributed by atoms with van der Waals surface area (Å²) in [7, 11) is 0. The first-order valence-corrected chi connectivity index (χ1v) is 7.14. The number of hydrogen-bond acceptors (Lipinski definition) is 3. The highest BCUT2D eigenvalue weighted by Gasteiger charge is 2.35. The molecule has 1 aliphatic rings. The van der Waals surface area contributed by atoms with Crippen molar-refractivity contribution in [3.05, 3.63) is 39.2 Å². The molecule has 1 saturated heterocycles. The predicted molar refractivity (Wildman–Crippen MR) is 76.7 cm³/mol. The lowest BCUT2D eigenvalue weighted by Crippen LogP contribution is -2.40. The molecule has 0 spiro atoms. The second-order valence-corrected chi connectivity index (χ2v) is 5.58. The van der Waals surface area contributed by atoms with Crippen LogP contribution in [0.25, 0.3) is 0 Å². The molecule has 5 nitrogen and oxygen atoms in total. The van der Waals surface area contributed by atoms with Crippen molar-refractivity contribution in [2.24, 2.45) is 0 Å². The van der Waals surface area contributed by atoms with E-state index >= 15 is 0 Å². The fourth-order valence-corrected chi connectivity index (χ4v) is 2.99. The summed E-state index contributed by atoms with van der Waals surface area (Å²) in [5.74, 6) is -1.12. The van der Waals surface area contributed by atoms with E-state index in [1.54, 1.807) is 4.90 Å². The van der Waals surface area contributed by atoms with Crippen LogP contribution < -0.4 is 0 Å². The van der Waals surface area contributed by atoms with Crippen molar-refractivity contribution in [2.45, 2.75) is 52.1 Å². The van der Waals surface area contributed by atoms with E-state index in [0.717, 1.165) is 31.4 Å². The first-order valence-electron chi connectivity index (χ1n) is 7.14. The molecule has 1 heterocycles. The number of benzene rings is 1. The highest BCUT2D eigenvalue weighted by molar-refractivity contribution is 5.96. The molecule has 1 amide bonds. The van der Waals surface area contributed by atoms with E-state index in [0.29, 0.717) is 0 Å². The summed E-state index contributed by atoms with van der Waals surface area (Å²) in [6, 6.07) is 2.30. The zero-order valence-corrected chi connectivity index (χ0v) is 12.4. The van der Waals surface area contributed by atoms with Gasteiger partial charge in [0.1, 0.15) is 5.82 Å². The van der Waals surface area contributed by atoms with Crippen LogP contribution in [0.3, 0.4) is 0 Å². The summed E-state index contributed by atoms with van der Waals surface area (Å²) in [4.78, 5) is 24.6. The van der Waals surface area contributed by atoms with E-state index in [1.165, 1.54) is 6.92 Å². The number of amides is 1. The lowest BCUT2D eigenvalue weighted by molar-refractivity contribution is -0.385. The molecule has 1 fully saturated rings. The summed E-state index contributed by atoms with van der Waals surface area (Å²) in [5.41, 5.74) is -0.335. The molecule has 0 N–H and O–H groups in total. The minimum absolute atomic E-state index is 0.0291. The van der Waals surface area contributed by atoms with Gasteiger partial charge in [-0.25, -0.2) is 4.39 Å². The maximum atomic E-state index is 14.2. The van der Waals surface area contributed by atoms with Crippen LogP contribution in [-0.4, -0.2) is 27.8 Å². The Morgan fingerprint density at radius 2 is 2.14 bits per heavy atom. The third-order valence-electron chi connectivity index (χ3n) is 4.17. The smallest absolute Gasteiger partial charge is 0.270 e. The Morgan fingerprint density at radius 1 is 1.48 bits per heavy atom. The minimum Gasteiger partial charge on any atom is -0.333 e. The molecule has 2 atom stereocenters. The maximum absolute atomic E-state index is 14.2. The first kappa shape index (κ1) is 15.4. The summed E-state index contributed by atoms with van der Waals surface area (Å²) in [6.45, 7) is 5.34. The standard InChI is InChI=1S/C15H19FN2O3/c1-4-11-6-5-10(3)17(11)15(19)13-8-12(18(20)21)7-9(2)14(13)16/h7-8,10-11H,4-6H2,1-3H3. The Kier molecular flexibility index (Phi) is 4.25. The first-order chi connectivity index (χ1) is 9.86. The van der Waals surface area contributed by atoms with Gasteiger partial charge in [0, 0.05) is 24.2 Å². The number of hydrogen-bond donors (Lipinski definition) is 0. The Balaban J connectivity index is 2.45. The number of rotatable bonds is 3. The lowest BCUT2D eigenvalue weighted by Gasteiger charge is -2.28. The Hall–Kier alpha value is -1.98. The quantitative estimate of drug-likeness (QED) is 0.633. The molecule has 114 valence electrons. The van der Waals surface area contributed by atoms with Crippen molar-refractivity contribution in [3.63, 3.8) is 0 Å². The van der Waals surface area contributed by atoms with Crippen molar-refractivity contribution >= 4 is 11.6 Å². The van der Waals surface area contributed by atoms with E-state index in [4.69, 9.17) is 0 Å². The number of nitrogens with zero attached hydrogens (tertiary/aromatic N) is 2. The largest absolute Gasteiger partial charge is 0.333 e. The molecule has 2 rings (SSSR count). The molecule has 0 aromatic heterocycles. The minimum atomic E-state index is -0.667. The number of nitro groups is 1. The predicted octanol–water partition coefficient (Wildman–Crippen LogP) is 3.45. The normalized spacial score (nSPS) is 21.6. The monoisotopic (exact) mass is 294 g/mol. The van der Waals surface area contributed by atoms with Crippen molar-refractivity contribution in [1.29, 1.82) is 0 Å². The molecule has 6 heteroatoms. The molecule has 1 aromatic rings. The van der Waals surface area contributed by atoms with Crippen LogP contribution in [0.2, 0.25) is 0 Å². The molecular weight excluding hydrogens is 275 g/mol. The number of nitro benzene ring substituents is 1. The van der Waals surface area contributed by atoms with Gasteiger partial charge in [0.15, 0.2) is 0 Å². The number of carbonyl (C=O) groups excluding carboxylic acids is 1. The van der Waals surface area contributed by atoms with Crippen LogP contribution in [0.15, 0.2) is 12.1 Å². The molecule has 1 aromatic carbocycles. The van der Waals surface area contributed by atoms with Gasteiger partial charge in [-0.15, -0.1) is 0 Å². The Labute approximate surface area is 122 Å². The SMILES string of the molecule is CCC1CCC(C)N1C(=O)c1cc([N+](=O)[O-])cc(C)c1F. The summed E-state index contributed by atoms with van der Waals surface area (Å²) in [6.07, 6.45) is 2.56. The highest BCUT2D eigenvalue weighted by Crippen LogP contribution is 2.30. The third kappa shape index (κ3) is 2.75. The van der Waals surface area contributed by atoms with E-state index in [-0.39, 0.29) is 28.9 Å². The molecule has 0 radical (unpaired) electrons. The summed E-state index contributed by atoms with van der Waals surface area (Å²) in [5, 5.41) is 10.9. The number of likely N-dealkylation sites (tertiary alicyclic amines) is 1. The molecule has 0 saturated carbocycles. The van der Waals surface area contributed by atoms with Gasteiger partial charge in [0.05, 0.1) is 10.5 Å². The van der Waals surface area contributed by atoms with Crippen LogP contribution in [-0.2, 0) is 0 Å². The van der Waals surface area contributed by atoms with E-state index in [1.807, 2.05) is 13.8 Å². The topological polar surface area (TPSA) is 63.5 Å². The number of non-ortho nitro benzene ring substituents is 1. The number of aryl methyl sites for hydroxylation is 1. The van der Waals surface area contributed by atoms with E-state index in [2.05, 4.69) is 0 Å². The highest BCUT2D eigenvalue weighted by atomic mass is 19.1. The average Bonchev–Trinajstić information content (AvgIpc) is 2.81. The Morgan fingerprint density at radius 3 is 2.71 bits per heavy atom. The van der Waals surface area contributed by atoms with Gasteiger partial charge in [0.25, 0.3) is 11.6 Å². The second-order valence-electron chi connectivity index (χ2n) is 5.58. The van der Waals surface area contributed by atoms with Crippen molar-refractivity contribution in [3.8, 4) is 0 Å². The van der Waals surface area contributed by atoms with E-state index in [9.17, 15) is 19.3 Å². The van der Waals surface area contributed by atoms with Crippen molar-refractivity contribution in [2.75, 3.05) is 0 Å². The Bertz CT molecular complexity index is 589. The summed E-state index contributed by atoms with van der Waals surface area (Å²) >= 11 is 0. The molecule has 21 heavy (non-hydrogen) atoms. The third-order valence-corrected chi connectivity index (χ3v) is 4.17. The number of carbonyl (C=O) groups is 1. The van der Waals surface area contributed by atoms with Crippen LogP contribution in [0.4, 0.5) is 10.1 Å². The lowest BCUT2D eigenvalue weighted by atomic mass is 10.1. The molecular formula is C15H19FN2O3. The van der Waals surface area contributed by atoms with Gasteiger partial charge in [-0.2, -0.15) is 0 Å². The van der Waals surface area contributed by atoms with Gasteiger partial charge in [-0.1, -0.05) is 6.92 Å². The number of halogens is 1. The fourth-order valence-electron chi connectivity index (χ4n) is 2.99. The van der Waals surface area contributed by atoms with E-state index < -0.39 is 16.6 Å². The fraction of sp³-hybridized carbons (Fsp3) is 0.533. The second kappa shape index (κ2) is 5.79. The van der Waals surface area contributed by atoms with Crippen molar-refractivity contribution < 1.29 is 14.1 Å². The molecule has 0 aliphatic carbocycles. The average molecular weight is 294 g/mol. The molecule has 0 bridgehead atoms. The van der Waals surface area contributed by atoms with Gasteiger partial charge in [-0.05, 0) is 38.7 Å². The van der Waals surface area contributed by atoms with Gasteiger partial charge >= 0.3 is 0 Å². The summed E-state index contributed by atoms with van der Waals surface area (Å²) < 4.78 is 14.2. The van der Waals surface area contributed by atoms with Crippen LogP contribution in [0, 0.1) is 22.9 Å². The zero-order chi connectivity index (χ0) is 15.7. The maximum Gasteiger partial charge on any atom is 0.270 e. The van der Waals surface area contributed by atoms with Gasteiger partial charge in [-0.3, -0.25) is 14.9 Å². The van der Waals surface area contributed by atoms with Gasteiger partial charge in [0.2, 0.25) is 0 Å². The molecule has 2 unspecified atom stereocenters. The zero-order valence-electron chi connectivity index (χ0n) is 12.4. The van der Waals surface area contributed by atoms with Crippen molar-refractivity contribution in [1.82, 2.24) is 4.90 Å². The van der Waals surface area contributed by atoms with Gasteiger partial charge < -0.3 is 4.90 Å².